The average Bonchev–Trinajstić information content (AvgIpc) is 2.60. The van der Waals surface area contributed by atoms with Crippen molar-refractivity contribution in [2.24, 2.45) is 0 Å². The van der Waals surface area contributed by atoms with E-state index in [0.29, 0.717) is 0 Å². The molecule has 0 unspecified atom stereocenters. The van der Waals surface area contributed by atoms with Crippen LogP contribution in [-0.4, -0.2) is 49.0 Å². The summed E-state index contributed by atoms with van der Waals surface area (Å²) in [6.45, 7) is 3.48. The Kier molecular flexibility index (Phi) is 17.1. The molecule has 0 saturated heterocycles. The van der Waals surface area contributed by atoms with E-state index in [0.717, 1.165) is 9.65 Å². The summed E-state index contributed by atoms with van der Waals surface area (Å²) in [5.74, 6) is 0. The van der Waals surface area contributed by atoms with Crippen LogP contribution in [-0.2, 0) is 0 Å². The predicted molar refractivity (Wildman–Crippen MR) is 123 cm³/mol. The number of amidine groups is 1. The zero-order valence-corrected chi connectivity index (χ0v) is 19.8. The first-order chi connectivity index (χ1) is 12.4. The molecule has 0 aliphatic carbocycles. The first-order valence-corrected chi connectivity index (χ1v) is 11.9. The van der Waals surface area contributed by atoms with Gasteiger partial charge in [-0.15, -0.1) is 0 Å². The van der Waals surface area contributed by atoms with Crippen LogP contribution in [0, 0.1) is 0 Å². The van der Waals surface area contributed by atoms with Crippen LogP contribution in [0.3, 0.4) is 0 Å². The van der Waals surface area contributed by atoms with Crippen LogP contribution in [0.1, 0.15) is 110 Å². The summed E-state index contributed by atoms with van der Waals surface area (Å²) in [5, 5.41) is 1.14. The first kappa shape index (κ1) is 26.0. The number of nitrogens with zero attached hydrogens (tertiary/aromatic N) is 2. The van der Waals surface area contributed by atoms with E-state index < -0.39 is 0 Å². The molecule has 0 N–H and O–H groups in total. The lowest BCUT2D eigenvalue weighted by Crippen LogP contribution is -2.46. The highest BCUT2D eigenvalue weighted by Crippen LogP contribution is 2.14. The van der Waals surface area contributed by atoms with Crippen LogP contribution in [0.25, 0.3) is 0 Å². The number of quaternary nitrogens is 1. The van der Waals surface area contributed by atoms with Gasteiger partial charge in [0.1, 0.15) is 14.1 Å². The molecule has 0 spiro atoms. The minimum atomic E-state index is 0.898. The van der Waals surface area contributed by atoms with E-state index in [2.05, 4.69) is 52.3 Å². The monoisotopic (exact) mass is 386 g/mol. The van der Waals surface area contributed by atoms with Crippen molar-refractivity contribution in [1.29, 1.82) is 0 Å². The minimum absolute atomic E-state index is 0.898. The largest absolute Gasteiger partial charge is 0.396 e. The van der Waals surface area contributed by atoms with Gasteiger partial charge in [0, 0.05) is 0 Å². The molecule has 0 aromatic carbocycles. The lowest BCUT2D eigenvalue weighted by Gasteiger charge is -2.24. The van der Waals surface area contributed by atoms with Crippen molar-refractivity contribution in [3.8, 4) is 0 Å². The van der Waals surface area contributed by atoms with E-state index in [4.69, 9.17) is 0 Å². The van der Waals surface area contributed by atoms with Crippen molar-refractivity contribution in [2.75, 3.05) is 34.7 Å². The topological polar surface area (TPSA) is 3.01 Å². The second-order valence-electron chi connectivity index (χ2n) is 8.91. The molecule has 0 bridgehead atoms. The van der Waals surface area contributed by atoms with E-state index in [1.807, 2.05) is 0 Å². The molecular weight excluding hydrogens is 336 g/mol. The van der Waals surface area contributed by atoms with Gasteiger partial charge in [0.05, 0.1) is 20.6 Å². The molecule has 0 aliphatic heterocycles. The van der Waals surface area contributed by atoms with E-state index in [1.54, 1.807) is 0 Å². The van der Waals surface area contributed by atoms with Gasteiger partial charge in [0.25, 0.3) is 0 Å². The summed E-state index contributed by atoms with van der Waals surface area (Å²) in [4.78, 5) is 0. The third-order valence-electron chi connectivity index (χ3n) is 5.51. The minimum Gasteiger partial charge on any atom is -0.235 e. The molecular formula is C23H50N2S+2. The number of unbranched alkanes of at least 4 members (excludes halogenated alkanes) is 15. The molecule has 0 aromatic rings. The Morgan fingerprint density at radius 2 is 0.923 bits per heavy atom. The molecule has 3 heteroatoms. The molecule has 0 radical (unpaired) electrons. The van der Waals surface area contributed by atoms with Crippen LogP contribution >= 0.6 is 12.6 Å². The maximum absolute atomic E-state index is 4.65. The van der Waals surface area contributed by atoms with Crippen molar-refractivity contribution < 1.29 is 9.06 Å². The molecule has 0 heterocycles. The highest BCUT2D eigenvalue weighted by molar-refractivity contribution is 7.96. The zero-order chi connectivity index (χ0) is 19.7. The molecule has 0 aromatic heterocycles. The third kappa shape index (κ3) is 15.1. The van der Waals surface area contributed by atoms with E-state index >= 15 is 0 Å². The standard InChI is InChI=1S/C23H49N2S/c1-6-7-8-9-10-11-12-13-14-15-16-17-18-19-20-21-22-25(4,5)23(26)24(2)3/h6-22H2,1-5H3/q+1/p+1. The van der Waals surface area contributed by atoms with Crippen molar-refractivity contribution in [3.05, 3.63) is 0 Å². The summed E-state index contributed by atoms with van der Waals surface area (Å²) >= 11 is 4.65. The summed E-state index contributed by atoms with van der Waals surface area (Å²) in [6, 6.07) is 0. The van der Waals surface area contributed by atoms with Crippen LogP contribution in [0.15, 0.2) is 0 Å². The number of thiol groups is 1. The maximum Gasteiger partial charge on any atom is 0.396 e. The van der Waals surface area contributed by atoms with Crippen molar-refractivity contribution in [3.63, 3.8) is 0 Å². The average molecular weight is 387 g/mol. The lowest BCUT2D eigenvalue weighted by molar-refractivity contribution is -0.818. The normalized spacial score (nSPS) is 11.8. The van der Waals surface area contributed by atoms with E-state index in [9.17, 15) is 0 Å². The van der Waals surface area contributed by atoms with Gasteiger partial charge >= 0.3 is 5.17 Å². The quantitative estimate of drug-likeness (QED) is 0.0693. The Morgan fingerprint density at radius 3 is 1.23 bits per heavy atom. The number of rotatable bonds is 17. The van der Waals surface area contributed by atoms with E-state index in [1.165, 1.54) is 109 Å². The van der Waals surface area contributed by atoms with Crippen molar-refractivity contribution >= 4 is 17.8 Å². The van der Waals surface area contributed by atoms with Gasteiger partial charge in [0.15, 0.2) is 0 Å². The Balaban J connectivity index is 3.31. The van der Waals surface area contributed by atoms with Gasteiger partial charge in [-0.25, -0.2) is 4.48 Å². The van der Waals surface area contributed by atoms with Gasteiger partial charge in [-0.05, 0) is 25.5 Å². The van der Waals surface area contributed by atoms with Crippen molar-refractivity contribution in [1.82, 2.24) is 0 Å². The van der Waals surface area contributed by atoms with Gasteiger partial charge < -0.3 is 0 Å². The lowest BCUT2D eigenvalue weighted by atomic mass is 10.0. The highest BCUT2D eigenvalue weighted by atomic mass is 32.1. The number of hydrogen-bond donors (Lipinski definition) is 1. The van der Waals surface area contributed by atoms with Crippen molar-refractivity contribution in [2.45, 2.75) is 110 Å². The van der Waals surface area contributed by atoms with Gasteiger partial charge in [-0.3, -0.25) is 0 Å². The Morgan fingerprint density at radius 1 is 0.615 bits per heavy atom. The van der Waals surface area contributed by atoms with Gasteiger partial charge in [0.2, 0.25) is 0 Å². The maximum atomic E-state index is 4.65. The summed E-state index contributed by atoms with van der Waals surface area (Å²) in [5.41, 5.74) is 0. The predicted octanol–water partition coefficient (Wildman–Crippen LogP) is 6.88. The SMILES string of the molecule is CCCCCCCCCCCCCCCCCC[N+](C)(C)C(S)=[N+](C)C. The fourth-order valence-corrected chi connectivity index (χ4v) is 3.80. The molecule has 0 fully saturated rings. The summed E-state index contributed by atoms with van der Waals surface area (Å²) < 4.78 is 3.02. The first-order valence-electron chi connectivity index (χ1n) is 11.5. The molecule has 156 valence electrons. The fraction of sp³-hybridized carbons (Fsp3) is 0.957. The Labute approximate surface area is 171 Å². The van der Waals surface area contributed by atoms with Gasteiger partial charge in [-0.2, -0.15) is 4.58 Å². The van der Waals surface area contributed by atoms with Crippen LogP contribution in [0.2, 0.25) is 0 Å². The van der Waals surface area contributed by atoms with Crippen LogP contribution in [0.5, 0.6) is 0 Å². The van der Waals surface area contributed by atoms with Crippen LogP contribution < -0.4 is 0 Å². The third-order valence-corrected chi connectivity index (χ3v) is 6.45. The molecule has 0 saturated carbocycles. The highest BCUT2D eigenvalue weighted by Gasteiger charge is 2.26. The molecule has 26 heavy (non-hydrogen) atoms. The summed E-state index contributed by atoms with van der Waals surface area (Å²) in [7, 11) is 8.67. The molecule has 2 nitrogen and oxygen atoms in total. The second kappa shape index (κ2) is 17.1. The fourth-order valence-electron chi connectivity index (χ4n) is 3.70. The molecule has 0 atom stereocenters. The zero-order valence-electron chi connectivity index (χ0n) is 18.9. The summed E-state index contributed by atoms with van der Waals surface area (Å²) in [6.07, 6.45) is 22.9. The van der Waals surface area contributed by atoms with E-state index in [-0.39, 0.29) is 0 Å². The Hall–Kier alpha value is -0.0200. The second-order valence-corrected chi connectivity index (χ2v) is 9.31. The smallest absolute Gasteiger partial charge is 0.235 e. The molecule has 0 aliphatic rings. The van der Waals surface area contributed by atoms with Gasteiger partial charge in [-0.1, -0.05) is 96.8 Å². The van der Waals surface area contributed by atoms with Crippen LogP contribution in [0.4, 0.5) is 0 Å². The molecule has 0 rings (SSSR count). The number of hydrogen-bond acceptors (Lipinski definition) is 0. The molecule has 0 amide bonds. The Bertz CT molecular complexity index is 346.